The molecule has 0 aliphatic carbocycles. The molecule has 0 spiro atoms. The molecule has 0 saturated carbocycles. The van der Waals surface area contributed by atoms with Crippen molar-refractivity contribution in [3.05, 3.63) is 52.0 Å². The summed E-state index contributed by atoms with van der Waals surface area (Å²) in [5.74, 6) is -0.226. The van der Waals surface area contributed by atoms with Crippen LogP contribution in [0.15, 0.2) is 35.1 Å². The van der Waals surface area contributed by atoms with E-state index >= 15 is 0 Å². The molecule has 1 aromatic carbocycles. The van der Waals surface area contributed by atoms with Gasteiger partial charge in [0.25, 0.3) is 0 Å². The molecule has 0 radical (unpaired) electrons. The summed E-state index contributed by atoms with van der Waals surface area (Å²) in [6.45, 7) is 6.89. The molecule has 1 atom stereocenters. The zero-order valence-electron chi connectivity index (χ0n) is 11.9. The highest BCUT2D eigenvalue weighted by Crippen LogP contribution is 2.17. The molecular formula is C15H19BrFN3. The fourth-order valence-electron chi connectivity index (χ4n) is 1.96. The van der Waals surface area contributed by atoms with Gasteiger partial charge in [-0.3, -0.25) is 4.68 Å². The number of nitrogens with zero attached hydrogens (tertiary/aromatic N) is 2. The maximum atomic E-state index is 13.3. The summed E-state index contributed by atoms with van der Waals surface area (Å²) >= 11 is 3.30. The van der Waals surface area contributed by atoms with Crippen LogP contribution in [0.25, 0.3) is 0 Å². The first-order valence-corrected chi connectivity index (χ1v) is 7.47. The van der Waals surface area contributed by atoms with Gasteiger partial charge >= 0.3 is 0 Å². The lowest BCUT2D eigenvalue weighted by molar-refractivity contribution is 0.528. The summed E-state index contributed by atoms with van der Waals surface area (Å²) in [6.07, 6.45) is 3.92. The van der Waals surface area contributed by atoms with Gasteiger partial charge in [-0.05, 0) is 44.5 Å². The smallest absolute Gasteiger partial charge is 0.124 e. The van der Waals surface area contributed by atoms with E-state index in [0.717, 1.165) is 15.6 Å². The van der Waals surface area contributed by atoms with Gasteiger partial charge in [0.05, 0.1) is 6.20 Å². The van der Waals surface area contributed by atoms with E-state index in [9.17, 15) is 4.39 Å². The van der Waals surface area contributed by atoms with E-state index in [1.807, 2.05) is 23.1 Å². The van der Waals surface area contributed by atoms with Gasteiger partial charge in [0.15, 0.2) is 0 Å². The fourth-order valence-corrected chi connectivity index (χ4v) is 2.47. The lowest BCUT2D eigenvalue weighted by atomic mass is 10.1. The third-order valence-corrected chi connectivity index (χ3v) is 3.64. The van der Waals surface area contributed by atoms with Gasteiger partial charge in [-0.15, -0.1) is 0 Å². The average Bonchev–Trinajstić information content (AvgIpc) is 2.84. The van der Waals surface area contributed by atoms with Crippen LogP contribution in [0.3, 0.4) is 0 Å². The molecule has 0 aliphatic heterocycles. The molecule has 2 rings (SSSR count). The Morgan fingerprint density at radius 3 is 2.65 bits per heavy atom. The van der Waals surface area contributed by atoms with Crippen LogP contribution in [0.4, 0.5) is 4.39 Å². The Kier molecular flexibility index (Phi) is 4.94. The monoisotopic (exact) mass is 339 g/mol. The first-order valence-electron chi connectivity index (χ1n) is 6.68. The number of aromatic nitrogens is 2. The lowest BCUT2D eigenvalue weighted by Gasteiger charge is -2.12. The molecule has 0 aliphatic rings. The molecule has 0 unspecified atom stereocenters. The minimum Gasteiger partial charge on any atom is -0.306 e. The normalized spacial score (nSPS) is 12.9. The maximum Gasteiger partial charge on any atom is 0.124 e. The molecule has 20 heavy (non-hydrogen) atoms. The van der Waals surface area contributed by atoms with Gasteiger partial charge in [0.1, 0.15) is 5.82 Å². The number of nitrogens with one attached hydrogen (secondary N) is 1. The molecule has 1 N–H and O–H groups in total. The van der Waals surface area contributed by atoms with Crippen molar-refractivity contribution in [2.24, 2.45) is 0 Å². The van der Waals surface area contributed by atoms with Gasteiger partial charge < -0.3 is 5.32 Å². The summed E-state index contributed by atoms with van der Waals surface area (Å²) < 4.78 is 16.0. The van der Waals surface area contributed by atoms with E-state index < -0.39 is 0 Å². The second kappa shape index (κ2) is 6.50. The number of rotatable bonds is 5. The zero-order valence-corrected chi connectivity index (χ0v) is 13.5. The minimum atomic E-state index is -0.226. The van der Waals surface area contributed by atoms with Crippen molar-refractivity contribution in [1.82, 2.24) is 15.1 Å². The summed E-state index contributed by atoms with van der Waals surface area (Å²) in [4.78, 5) is 0. The molecule has 0 saturated heterocycles. The third kappa shape index (κ3) is 3.90. The predicted octanol–water partition coefficient (Wildman–Crippen LogP) is 4.22. The Labute approximate surface area is 127 Å². The summed E-state index contributed by atoms with van der Waals surface area (Å²) in [5.41, 5.74) is 2.05. The Morgan fingerprint density at radius 2 is 2.05 bits per heavy atom. The van der Waals surface area contributed by atoms with Gasteiger partial charge in [-0.25, -0.2) is 4.39 Å². The molecule has 0 amide bonds. The molecule has 5 heteroatoms. The first kappa shape index (κ1) is 15.2. The number of benzene rings is 1. The van der Waals surface area contributed by atoms with Crippen LogP contribution in [0.1, 0.15) is 44.0 Å². The molecule has 1 heterocycles. The molecular weight excluding hydrogens is 321 g/mol. The lowest BCUT2D eigenvalue weighted by Crippen LogP contribution is -2.17. The summed E-state index contributed by atoms with van der Waals surface area (Å²) in [6, 6.07) is 5.45. The average molecular weight is 340 g/mol. The molecule has 0 fully saturated rings. The van der Waals surface area contributed by atoms with E-state index in [0.29, 0.717) is 12.6 Å². The minimum absolute atomic E-state index is 0.171. The Bertz CT molecular complexity index is 560. The fraction of sp³-hybridized carbons (Fsp3) is 0.400. The molecule has 2 aromatic rings. The zero-order chi connectivity index (χ0) is 14.7. The van der Waals surface area contributed by atoms with E-state index in [4.69, 9.17) is 0 Å². The molecule has 108 valence electrons. The van der Waals surface area contributed by atoms with Crippen LogP contribution in [0.2, 0.25) is 0 Å². The standard InChI is InChI=1S/C15H19BrFN3/c1-10(2)20-9-13(8-19-20)11(3)18-7-12-4-14(16)6-15(17)5-12/h4-6,8-11,18H,7H2,1-3H3/t11-/m0/s1. The maximum absolute atomic E-state index is 13.3. The quantitative estimate of drug-likeness (QED) is 0.883. The van der Waals surface area contributed by atoms with Crippen LogP contribution in [-0.4, -0.2) is 9.78 Å². The second-order valence-electron chi connectivity index (χ2n) is 5.23. The van der Waals surface area contributed by atoms with E-state index in [-0.39, 0.29) is 11.9 Å². The summed E-state index contributed by atoms with van der Waals surface area (Å²) in [5, 5.41) is 7.71. The molecule has 3 nitrogen and oxygen atoms in total. The topological polar surface area (TPSA) is 29.9 Å². The summed E-state index contributed by atoms with van der Waals surface area (Å²) in [7, 11) is 0. The third-order valence-electron chi connectivity index (χ3n) is 3.19. The first-order chi connectivity index (χ1) is 9.45. The van der Waals surface area contributed by atoms with Gasteiger partial charge in [0.2, 0.25) is 0 Å². The van der Waals surface area contributed by atoms with Crippen LogP contribution in [0.5, 0.6) is 0 Å². The van der Waals surface area contributed by atoms with Crippen LogP contribution in [-0.2, 0) is 6.54 Å². The van der Waals surface area contributed by atoms with Crippen molar-refractivity contribution >= 4 is 15.9 Å². The van der Waals surface area contributed by atoms with Crippen molar-refractivity contribution in [3.63, 3.8) is 0 Å². The van der Waals surface area contributed by atoms with Gasteiger partial charge in [0, 0.05) is 34.9 Å². The van der Waals surface area contributed by atoms with Crippen LogP contribution >= 0.6 is 15.9 Å². The van der Waals surface area contributed by atoms with Crippen molar-refractivity contribution in [2.75, 3.05) is 0 Å². The largest absolute Gasteiger partial charge is 0.306 e. The van der Waals surface area contributed by atoms with Crippen molar-refractivity contribution < 1.29 is 4.39 Å². The van der Waals surface area contributed by atoms with Gasteiger partial charge in [-0.1, -0.05) is 15.9 Å². The van der Waals surface area contributed by atoms with E-state index in [1.165, 1.54) is 6.07 Å². The number of hydrogen-bond acceptors (Lipinski definition) is 2. The molecule has 0 bridgehead atoms. The Balaban J connectivity index is 1.98. The highest BCUT2D eigenvalue weighted by atomic mass is 79.9. The SMILES string of the molecule is CC(C)n1cc([C@H](C)NCc2cc(F)cc(Br)c2)cn1. The Morgan fingerprint density at radius 1 is 1.30 bits per heavy atom. The van der Waals surface area contributed by atoms with Crippen molar-refractivity contribution in [3.8, 4) is 0 Å². The van der Waals surface area contributed by atoms with E-state index in [1.54, 1.807) is 6.07 Å². The van der Waals surface area contributed by atoms with Crippen molar-refractivity contribution in [1.29, 1.82) is 0 Å². The molecule has 1 aromatic heterocycles. The van der Waals surface area contributed by atoms with Crippen LogP contribution in [0, 0.1) is 5.82 Å². The number of halogens is 2. The van der Waals surface area contributed by atoms with Crippen molar-refractivity contribution in [2.45, 2.75) is 39.4 Å². The highest BCUT2D eigenvalue weighted by Gasteiger charge is 2.09. The highest BCUT2D eigenvalue weighted by molar-refractivity contribution is 9.10. The van der Waals surface area contributed by atoms with E-state index in [2.05, 4.69) is 47.1 Å². The number of hydrogen-bond donors (Lipinski definition) is 1. The predicted molar refractivity (Wildman–Crippen MR) is 82.0 cm³/mol. The van der Waals surface area contributed by atoms with Crippen LogP contribution < -0.4 is 5.32 Å². The second-order valence-corrected chi connectivity index (χ2v) is 6.14. The Hall–Kier alpha value is -1.20. The van der Waals surface area contributed by atoms with Gasteiger partial charge in [-0.2, -0.15) is 5.10 Å².